The smallest absolute Gasteiger partial charge is 0.127 e. The summed E-state index contributed by atoms with van der Waals surface area (Å²) in [4.78, 5) is 0. The highest BCUT2D eigenvalue weighted by Gasteiger charge is 2.00. The molecule has 0 spiro atoms. The van der Waals surface area contributed by atoms with Gasteiger partial charge in [0, 0.05) is 5.69 Å². The first kappa shape index (κ1) is 16.8. The molecule has 0 heterocycles. The van der Waals surface area contributed by atoms with E-state index in [1.165, 1.54) is 0 Å². The zero-order valence-electron chi connectivity index (χ0n) is 14.1. The Kier molecular flexibility index (Phi) is 5.47. The van der Waals surface area contributed by atoms with Gasteiger partial charge in [-0.3, -0.25) is 0 Å². The quantitative estimate of drug-likeness (QED) is 0.579. The Labute approximate surface area is 147 Å². The summed E-state index contributed by atoms with van der Waals surface area (Å²) >= 11 is 0. The van der Waals surface area contributed by atoms with Gasteiger partial charge < -0.3 is 10.1 Å². The molecule has 0 aromatic heterocycles. The molecule has 0 fully saturated rings. The van der Waals surface area contributed by atoms with Crippen LogP contribution in [0.4, 0.5) is 10.1 Å². The Morgan fingerprint density at radius 3 is 2.20 bits per heavy atom. The number of nitrogens with one attached hydrogen (secondary N) is 1. The summed E-state index contributed by atoms with van der Waals surface area (Å²) in [5.74, 6) is 1.32. The lowest BCUT2D eigenvalue weighted by Gasteiger charge is -2.08. The molecule has 3 aromatic rings. The molecule has 0 atom stereocenters. The fraction of sp³-hybridized carbons (Fsp3) is 0.0909. The van der Waals surface area contributed by atoms with E-state index in [1.54, 1.807) is 6.08 Å². The number of benzene rings is 3. The molecule has 3 aromatic carbocycles. The first-order valence-corrected chi connectivity index (χ1v) is 8.19. The van der Waals surface area contributed by atoms with Crippen molar-refractivity contribution in [3.63, 3.8) is 0 Å². The van der Waals surface area contributed by atoms with Crippen LogP contribution < -0.4 is 10.1 Å². The summed E-state index contributed by atoms with van der Waals surface area (Å²) in [6.07, 6.45) is 1.54. The second-order valence-corrected chi connectivity index (χ2v) is 5.79. The van der Waals surface area contributed by atoms with E-state index >= 15 is 0 Å². The van der Waals surface area contributed by atoms with Crippen LogP contribution in [0.2, 0.25) is 0 Å². The molecule has 0 aliphatic carbocycles. The fourth-order valence-corrected chi connectivity index (χ4v) is 2.35. The van der Waals surface area contributed by atoms with Crippen molar-refractivity contribution in [3.05, 3.63) is 95.8 Å². The molecular formula is C22H20FNO. The Balaban J connectivity index is 1.55. The third-order valence-electron chi connectivity index (χ3n) is 3.70. The molecule has 0 radical (unpaired) electrons. The maximum atomic E-state index is 14.0. The van der Waals surface area contributed by atoms with Gasteiger partial charge in [-0.05, 0) is 55.0 Å². The second-order valence-electron chi connectivity index (χ2n) is 5.79. The molecule has 0 unspecified atom stereocenters. The lowest BCUT2D eigenvalue weighted by molar-refractivity contribution is 0.483. The van der Waals surface area contributed by atoms with E-state index in [1.807, 2.05) is 85.8 Å². The van der Waals surface area contributed by atoms with E-state index in [-0.39, 0.29) is 12.4 Å². The molecule has 3 rings (SSSR count). The molecule has 0 aliphatic rings. The van der Waals surface area contributed by atoms with Crippen LogP contribution in [0.5, 0.6) is 11.5 Å². The summed E-state index contributed by atoms with van der Waals surface area (Å²) < 4.78 is 19.7. The van der Waals surface area contributed by atoms with Gasteiger partial charge in [0.1, 0.15) is 17.3 Å². The third kappa shape index (κ3) is 5.21. The molecular weight excluding hydrogens is 313 g/mol. The first-order valence-electron chi connectivity index (χ1n) is 8.19. The van der Waals surface area contributed by atoms with Crippen LogP contribution in [0.15, 0.2) is 84.7 Å². The number of anilines is 1. The SMILES string of the molecule is Cc1ccc(/C=C(\F)CNc2ccc(Oc3ccccc3)cc2)cc1. The van der Waals surface area contributed by atoms with Crippen molar-refractivity contribution >= 4 is 11.8 Å². The Bertz CT molecular complexity index is 824. The third-order valence-corrected chi connectivity index (χ3v) is 3.70. The van der Waals surface area contributed by atoms with Crippen molar-refractivity contribution in [2.45, 2.75) is 6.92 Å². The molecule has 25 heavy (non-hydrogen) atoms. The number of hydrogen-bond acceptors (Lipinski definition) is 2. The number of halogens is 1. The average Bonchev–Trinajstić information content (AvgIpc) is 2.64. The lowest BCUT2D eigenvalue weighted by atomic mass is 10.1. The summed E-state index contributed by atoms with van der Waals surface area (Å²) in [5.41, 5.74) is 2.86. The summed E-state index contributed by atoms with van der Waals surface area (Å²) in [5, 5.41) is 3.07. The van der Waals surface area contributed by atoms with E-state index in [0.29, 0.717) is 0 Å². The minimum Gasteiger partial charge on any atom is -0.457 e. The van der Waals surface area contributed by atoms with Crippen molar-refractivity contribution in [3.8, 4) is 11.5 Å². The van der Waals surface area contributed by atoms with E-state index in [2.05, 4.69) is 5.32 Å². The monoisotopic (exact) mass is 333 g/mol. The maximum absolute atomic E-state index is 14.0. The zero-order chi connectivity index (χ0) is 17.5. The molecule has 0 amide bonds. The van der Waals surface area contributed by atoms with Crippen LogP contribution in [-0.4, -0.2) is 6.54 Å². The molecule has 0 aliphatic heterocycles. The van der Waals surface area contributed by atoms with Gasteiger partial charge in [0.25, 0.3) is 0 Å². The van der Waals surface area contributed by atoms with Crippen LogP contribution in [0.3, 0.4) is 0 Å². The molecule has 0 bridgehead atoms. The summed E-state index contributed by atoms with van der Waals surface area (Å²) in [6, 6.07) is 24.8. The van der Waals surface area contributed by atoms with Crippen molar-refractivity contribution in [1.29, 1.82) is 0 Å². The topological polar surface area (TPSA) is 21.3 Å². The fourth-order valence-electron chi connectivity index (χ4n) is 2.35. The van der Waals surface area contributed by atoms with Crippen LogP contribution in [0.1, 0.15) is 11.1 Å². The van der Waals surface area contributed by atoms with Gasteiger partial charge in [-0.2, -0.15) is 0 Å². The van der Waals surface area contributed by atoms with Gasteiger partial charge in [-0.25, -0.2) is 4.39 Å². The molecule has 2 nitrogen and oxygen atoms in total. The number of rotatable bonds is 6. The van der Waals surface area contributed by atoms with Crippen LogP contribution in [0.25, 0.3) is 6.08 Å². The standard InChI is InChI=1S/C22H20FNO/c1-17-7-9-18(10-8-17)15-19(23)16-24-20-11-13-22(14-12-20)25-21-5-3-2-4-6-21/h2-15,24H,16H2,1H3/b19-15-. The van der Waals surface area contributed by atoms with Gasteiger partial charge in [-0.1, -0.05) is 48.0 Å². The van der Waals surface area contributed by atoms with Crippen LogP contribution >= 0.6 is 0 Å². The highest BCUT2D eigenvalue weighted by atomic mass is 19.1. The predicted octanol–water partition coefficient (Wildman–Crippen LogP) is 6.21. The minimum atomic E-state index is -0.214. The second kappa shape index (κ2) is 8.15. The largest absolute Gasteiger partial charge is 0.457 e. The van der Waals surface area contributed by atoms with Crippen LogP contribution in [0, 0.1) is 6.92 Å². The number of hydrogen-bond donors (Lipinski definition) is 1. The van der Waals surface area contributed by atoms with Crippen molar-refractivity contribution in [1.82, 2.24) is 0 Å². The Morgan fingerprint density at radius 1 is 0.880 bits per heavy atom. The number of aryl methyl sites for hydroxylation is 1. The highest BCUT2D eigenvalue weighted by Crippen LogP contribution is 2.22. The normalized spacial score (nSPS) is 11.2. The van der Waals surface area contributed by atoms with Gasteiger partial charge >= 0.3 is 0 Å². The van der Waals surface area contributed by atoms with Crippen LogP contribution in [-0.2, 0) is 0 Å². The van der Waals surface area contributed by atoms with Gasteiger partial charge in [0.2, 0.25) is 0 Å². The van der Waals surface area contributed by atoms with Gasteiger partial charge in [-0.15, -0.1) is 0 Å². The van der Waals surface area contributed by atoms with Gasteiger partial charge in [0.05, 0.1) is 6.54 Å². The van der Waals surface area contributed by atoms with Crippen molar-refractivity contribution in [2.24, 2.45) is 0 Å². The highest BCUT2D eigenvalue weighted by molar-refractivity contribution is 5.54. The van der Waals surface area contributed by atoms with E-state index in [9.17, 15) is 4.39 Å². The molecule has 126 valence electrons. The summed E-state index contributed by atoms with van der Waals surface area (Å²) in [6.45, 7) is 2.16. The molecule has 0 saturated carbocycles. The Hall–Kier alpha value is -3.07. The number of ether oxygens (including phenoxy) is 1. The maximum Gasteiger partial charge on any atom is 0.127 e. The first-order chi connectivity index (χ1) is 12.2. The predicted molar refractivity (Wildman–Crippen MR) is 102 cm³/mol. The van der Waals surface area contributed by atoms with Crippen molar-refractivity contribution in [2.75, 3.05) is 11.9 Å². The molecule has 1 N–H and O–H groups in total. The van der Waals surface area contributed by atoms with Gasteiger partial charge in [0.15, 0.2) is 0 Å². The van der Waals surface area contributed by atoms with E-state index in [4.69, 9.17) is 4.74 Å². The number of para-hydroxylation sites is 1. The van der Waals surface area contributed by atoms with Crippen molar-refractivity contribution < 1.29 is 9.13 Å². The lowest BCUT2D eigenvalue weighted by Crippen LogP contribution is -2.01. The van der Waals surface area contributed by atoms with E-state index < -0.39 is 0 Å². The Morgan fingerprint density at radius 2 is 1.52 bits per heavy atom. The molecule has 0 saturated heterocycles. The molecule has 3 heteroatoms. The van der Waals surface area contributed by atoms with E-state index in [0.717, 1.165) is 28.3 Å². The minimum absolute atomic E-state index is 0.146. The summed E-state index contributed by atoms with van der Waals surface area (Å²) in [7, 11) is 0. The zero-order valence-corrected chi connectivity index (χ0v) is 14.1. The average molecular weight is 333 g/mol.